The standard InChI is InChI=1S/C13H16FN3/c14-10-4-5-13-12(7-10)16-9-17(13)8-11-3-1-2-6-15-11/h4-5,7,9,11,15H,1-3,6,8H2. The van der Waals surface area contributed by atoms with Crippen molar-refractivity contribution in [2.45, 2.75) is 31.8 Å². The third-order valence-electron chi connectivity index (χ3n) is 3.41. The SMILES string of the molecule is Fc1ccc2c(c1)ncn2CC1CCCCN1. The van der Waals surface area contributed by atoms with Gasteiger partial charge in [0.2, 0.25) is 0 Å². The molecule has 1 unspecified atom stereocenters. The Hall–Kier alpha value is -1.42. The number of benzene rings is 1. The van der Waals surface area contributed by atoms with Gasteiger partial charge in [0.25, 0.3) is 0 Å². The van der Waals surface area contributed by atoms with Crippen LogP contribution in [0.4, 0.5) is 4.39 Å². The highest BCUT2D eigenvalue weighted by Crippen LogP contribution is 2.16. The topological polar surface area (TPSA) is 29.9 Å². The molecule has 1 atom stereocenters. The second kappa shape index (κ2) is 4.45. The summed E-state index contributed by atoms with van der Waals surface area (Å²) >= 11 is 0. The number of fused-ring (bicyclic) bond motifs is 1. The second-order valence-corrected chi connectivity index (χ2v) is 4.68. The van der Waals surface area contributed by atoms with Crippen LogP contribution in [0.1, 0.15) is 19.3 Å². The molecule has 1 aromatic heterocycles. The zero-order valence-electron chi connectivity index (χ0n) is 9.69. The fourth-order valence-electron chi connectivity index (χ4n) is 2.50. The molecule has 0 amide bonds. The average molecular weight is 233 g/mol. The minimum atomic E-state index is -0.224. The molecule has 1 fully saturated rings. The minimum Gasteiger partial charge on any atom is -0.329 e. The van der Waals surface area contributed by atoms with E-state index in [-0.39, 0.29) is 5.82 Å². The summed E-state index contributed by atoms with van der Waals surface area (Å²) in [6.07, 6.45) is 5.58. The van der Waals surface area contributed by atoms with Crippen LogP contribution in [-0.2, 0) is 6.54 Å². The maximum absolute atomic E-state index is 13.0. The summed E-state index contributed by atoms with van der Waals surface area (Å²) in [6.45, 7) is 2.02. The largest absolute Gasteiger partial charge is 0.329 e. The number of piperidine rings is 1. The molecule has 17 heavy (non-hydrogen) atoms. The molecule has 1 saturated heterocycles. The number of hydrogen-bond donors (Lipinski definition) is 1. The summed E-state index contributed by atoms with van der Waals surface area (Å²) in [5, 5.41) is 3.51. The van der Waals surface area contributed by atoms with E-state index >= 15 is 0 Å². The normalized spacial score (nSPS) is 20.9. The van der Waals surface area contributed by atoms with Crippen molar-refractivity contribution in [3.05, 3.63) is 30.3 Å². The summed E-state index contributed by atoms with van der Waals surface area (Å²) in [4.78, 5) is 4.24. The fourth-order valence-corrected chi connectivity index (χ4v) is 2.50. The molecule has 1 aromatic carbocycles. The first-order valence-corrected chi connectivity index (χ1v) is 6.17. The van der Waals surface area contributed by atoms with E-state index in [1.807, 2.05) is 0 Å². The van der Waals surface area contributed by atoms with Crippen molar-refractivity contribution >= 4 is 11.0 Å². The Kier molecular flexibility index (Phi) is 2.81. The molecule has 1 aliphatic heterocycles. The Morgan fingerprint density at radius 3 is 3.18 bits per heavy atom. The summed E-state index contributed by atoms with van der Waals surface area (Å²) in [6, 6.07) is 5.31. The Morgan fingerprint density at radius 2 is 2.35 bits per heavy atom. The Bertz CT molecular complexity index is 514. The zero-order chi connectivity index (χ0) is 11.7. The molecule has 0 saturated carbocycles. The quantitative estimate of drug-likeness (QED) is 0.862. The predicted octanol–water partition coefficient (Wildman–Crippen LogP) is 2.32. The monoisotopic (exact) mass is 233 g/mol. The van der Waals surface area contributed by atoms with Crippen LogP contribution in [0.25, 0.3) is 11.0 Å². The predicted molar refractivity (Wildman–Crippen MR) is 65.3 cm³/mol. The van der Waals surface area contributed by atoms with Gasteiger partial charge in [0.1, 0.15) is 5.82 Å². The summed E-state index contributed by atoms with van der Waals surface area (Å²) < 4.78 is 15.2. The first kappa shape index (κ1) is 10.7. The van der Waals surface area contributed by atoms with Crippen molar-refractivity contribution < 1.29 is 4.39 Å². The molecule has 0 bridgehead atoms. The van der Waals surface area contributed by atoms with Gasteiger partial charge in [0.05, 0.1) is 17.4 Å². The van der Waals surface area contributed by atoms with Crippen LogP contribution in [0, 0.1) is 5.82 Å². The lowest BCUT2D eigenvalue weighted by molar-refractivity contribution is 0.366. The van der Waals surface area contributed by atoms with Crippen LogP contribution < -0.4 is 5.32 Å². The van der Waals surface area contributed by atoms with Gasteiger partial charge in [0, 0.05) is 18.7 Å². The first-order valence-electron chi connectivity index (χ1n) is 6.17. The van der Waals surface area contributed by atoms with E-state index in [0.29, 0.717) is 6.04 Å². The lowest BCUT2D eigenvalue weighted by Crippen LogP contribution is -2.37. The van der Waals surface area contributed by atoms with Crippen molar-refractivity contribution in [1.82, 2.24) is 14.9 Å². The molecule has 0 radical (unpaired) electrons. The fraction of sp³-hybridized carbons (Fsp3) is 0.462. The molecule has 2 aromatic rings. The molecule has 2 heterocycles. The molecule has 1 N–H and O–H groups in total. The van der Waals surface area contributed by atoms with Crippen molar-refractivity contribution in [1.29, 1.82) is 0 Å². The molecular weight excluding hydrogens is 217 g/mol. The van der Waals surface area contributed by atoms with Gasteiger partial charge in [0.15, 0.2) is 0 Å². The molecule has 0 aliphatic carbocycles. The van der Waals surface area contributed by atoms with Crippen LogP contribution in [0.3, 0.4) is 0 Å². The van der Waals surface area contributed by atoms with Crippen LogP contribution in [-0.4, -0.2) is 22.1 Å². The lowest BCUT2D eigenvalue weighted by Gasteiger charge is -2.23. The van der Waals surface area contributed by atoms with E-state index in [4.69, 9.17) is 0 Å². The molecule has 3 nitrogen and oxygen atoms in total. The smallest absolute Gasteiger partial charge is 0.125 e. The van der Waals surface area contributed by atoms with Gasteiger partial charge in [-0.05, 0) is 31.5 Å². The molecular formula is C13H16FN3. The number of nitrogens with zero attached hydrogens (tertiary/aromatic N) is 2. The van der Waals surface area contributed by atoms with Crippen molar-refractivity contribution in [2.75, 3.05) is 6.54 Å². The summed E-state index contributed by atoms with van der Waals surface area (Å²) in [5.41, 5.74) is 1.75. The van der Waals surface area contributed by atoms with E-state index < -0.39 is 0 Å². The van der Waals surface area contributed by atoms with Gasteiger partial charge in [-0.15, -0.1) is 0 Å². The van der Waals surface area contributed by atoms with Crippen LogP contribution >= 0.6 is 0 Å². The van der Waals surface area contributed by atoms with Gasteiger partial charge in [-0.3, -0.25) is 0 Å². The van der Waals surface area contributed by atoms with Crippen molar-refractivity contribution in [3.63, 3.8) is 0 Å². The zero-order valence-corrected chi connectivity index (χ0v) is 9.69. The van der Waals surface area contributed by atoms with Gasteiger partial charge in [-0.1, -0.05) is 6.42 Å². The molecule has 3 rings (SSSR count). The molecule has 0 spiro atoms. The maximum atomic E-state index is 13.0. The number of imidazole rings is 1. The number of halogens is 1. The average Bonchev–Trinajstić information content (AvgIpc) is 2.73. The van der Waals surface area contributed by atoms with Gasteiger partial charge in [-0.2, -0.15) is 0 Å². The van der Waals surface area contributed by atoms with Crippen LogP contribution in [0.5, 0.6) is 0 Å². The van der Waals surface area contributed by atoms with E-state index in [2.05, 4.69) is 14.9 Å². The number of aromatic nitrogens is 2. The van der Waals surface area contributed by atoms with Gasteiger partial charge in [-0.25, -0.2) is 9.37 Å². The Balaban J connectivity index is 1.84. The summed E-state index contributed by atoms with van der Waals surface area (Å²) in [5.74, 6) is -0.224. The van der Waals surface area contributed by atoms with Crippen molar-refractivity contribution in [3.8, 4) is 0 Å². The number of rotatable bonds is 2. The van der Waals surface area contributed by atoms with E-state index in [0.717, 1.165) is 24.1 Å². The van der Waals surface area contributed by atoms with Crippen LogP contribution in [0.2, 0.25) is 0 Å². The highest BCUT2D eigenvalue weighted by Gasteiger charge is 2.14. The number of hydrogen-bond acceptors (Lipinski definition) is 2. The lowest BCUT2D eigenvalue weighted by atomic mass is 10.1. The minimum absolute atomic E-state index is 0.224. The van der Waals surface area contributed by atoms with E-state index in [9.17, 15) is 4.39 Å². The third-order valence-corrected chi connectivity index (χ3v) is 3.41. The highest BCUT2D eigenvalue weighted by atomic mass is 19.1. The number of nitrogens with one attached hydrogen (secondary N) is 1. The Morgan fingerprint density at radius 1 is 1.41 bits per heavy atom. The molecule has 1 aliphatic rings. The van der Waals surface area contributed by atoms with Crippen LogP contribution in [0.15, 0.2) is 24.5 Å². The van der Waals surface area contributed by atoms with E-state index in [1.54, 1.807) is 12.4 Å². The first-order chi connectivity index (χ1) is 8.33. The van der Waals surface area contributed by atoms with E-state index in [1.165, 1.54) is 31.4 Å². The van der Waals surface area contributed by atoms with Gasteiger partial charge < -0.3 is 9.88 Å². The molecule has 90 valence electrons. The molecule has 4 heteroatoms. The Labute approximate surface area is 99.7 Å². The maximum Gasteiger partial charge on any atom is 0.125 e. The highest BCUT2D eigenvalue weighted by molar-refractivity contribution is 5.75. The third kappa shape index (κ3) is 2.17. The summed E-state index contributed by atoms with van der Waals surface area (Å²) in [7, 11) is 0. The van der Waals surface area contributed by atoms with Gasteiger partial charge >= 0.3 is 0 Å². The van der Waals surface area contributed by atoms with Crippen molar-refractivity contribution in [2.24, 2.45) is 0 Å². The second-order valence-electron chi connectivity index (χ2n) is 4.68.